The second kappa shape index (κ2) is 11.2. The predicted octanol–water partition coefficient (Wildman–Crippen LogP) is 5.38. The summed E-state index contributed by atoms with van der Waals surface area (Å²) >= 11 is 3.56. The second-order valence-electron chi connectivity index (χ2n) is 8.03. The Morgan fingerprint density at radius 1 is 1.09 bits per heavy atom. The van der Waals surface area contributed by atoms with Crippen molar-refractivity contribution in [2.24, 2.45) is 0 Å². The summed E-state index contributed by atoms with van der Waals surface area (Å²) in [5.74, 6) is 0.0725. The molecule has 2 N–H and O–H groups in total. The van der Waals surface area contributed by atoms with Gasteiger partial charge in [0, 0.05) is 39.4 Å². The fourth-order valence-corrected chi connectivity index (χ4v) is 3.83. The van der Waals surface area contributed by atoms with E-state index in [0.29, 0.717) is 28.8 Å². The van der Waals surface area contributed by atoms with Crippen molar-refractivity contribution in [2.75, 3.05) is 32.5 Å². The number of anilines is 2. The Labute approximate surface area is 210 Å². The number of amides is 1. The fraction of sp³-hybridized carbons (Fsp3) is 0.200. The van der Waals surface area contributed by atoms with Crippen LogP contribution in [0.25, 0.3) is 22.2 Å². The molecule has 0 saturated carbocycles. The van der Waals surface area contributed by atoms with Crippen molar-refractivity contribution in [1.82, 2.24) is 25.2 Å². The van der Waals surface area contributed by atoms with Crippen molar-refractivity contribution in [3.05, 3.63) is 71.1 Å². The minimum atomic E-state index is -0.595. The molecule has 0 aliphatic heterocycles. The number of hydrogen-bond acceptors (Lipinski definition) is 7. The van der Waals surface area contributed by atoms with Crippen molar-refractivity contribution in [1.29, 1.82) is 0 Å². The average Bonchev–Trinajstić information content (AvgIpc) is 2.83. The van der Waals surface area contributed by atoms with Gasteiger partial charge in [-0.2, -0.15) is 9.97 Å². The lowest BCUT2D eigenvalue weighted by atomic mass is 10.1. The molecule has 1 amide bonds. The third kappa shape index (κ3) is 6.49. The Kier molecular flexibility index (Phi) is 7.84. The normalized spacial score (nSPS) is 11.0. The van der Waals surface area contributed by atoms with Gasteiger partial charge in [0.05, 0.1) is 0 Å². The number of fused-ring (bicyclic) bond motifs is 1. The van der Waals surface area contributed by atoms with E-state index in [1.807, 2.05) is 49.3 Å². The molecule has 0 aliphatic carbocycles. The van der Waals surface area contributed by atoms with Crippen LogP contribution in [0.5, 0.6) is 5.88 Å². The number of benzene rings is 2. The van der Waals surface area contributed by atoms with Gasteiger partial charge in [-0.05, 0) is 63.5 Å². The first-order chi connectivity index (χ1) is 16.9. The summed E-state index contributed by atoms with van der Waals surface area (Å²) < 4.78 is 19.7. The van der Waals surface area contributed by atoms with Crippen LogP contribution in [-0.4, -0.2) is 53.1 Å². The van der Waals surface area contributed by atoms with Gasteiger partial charge in [0.15, 0.2) is 5.65 Å². The van der Waals surface area contributed by atoms with E-state index < -0.39 is 6.09 Å². The van der Waals surface area contributed by atoms with Crippen LogP contribution in [-0.2, 0) is 0 Å². The highest BCUT2D eigenvalue weighted by Gasteiger charge is 2.17. The van der Waals surface area contributed by atoms with Crippen molar-refractivity contribution in [2.45, 2.75) is 6.42 Å². The van der Waals surface area contributed by atoms with Crippen LogP contribution in [0.3, 0.4) is 0 Å². The molecule has 2 aromatic heterocycles. The van der Waals surface area contributed by atoms with Gasteiger partial charge in [0.2, 0.25) is 11.8 Å². The number of hydrogen-bond donors (Lipinski definition) is 2. The first-order valence-electron chi connectivity index (χ1n) is 10.9. The largest absolute Gasteiger partial charge is 0.413 e. The first-order valence-corrected chi connectivity index (χ1v) is 11.7. The topological polar surface area (TPSA) is 92.3 Å². The molecule has 0 unspecified atom stereocenters. The smallest absolute Gasteiger partial charge is 0.391 e. The molecule has 4 rings (SSSR count). The van der Waals surface area contributed by atoms with E-state index in [2.05, 4.69) is 41.5 Å². The highest BCUT2D eigenvalue weighted by atomic mass is 79.9. The predicted molar refractivity (Wildman–Crippen MR) is 137 cm³/mol. The van der Waals surface area contributed by atoms with Crippen molar-refractivity contribution >= 4 is 44.7 Å². The van der Waals surface area contributed by atoms with Crippen LogP contribution in [0.2, 0.25) is 0 Å². The molecule has 0 saturated heterocycles. The summed E-state index contributed by atoms with van der Waals surface area (Å²) in [6.45, 7) is 1.32. The zero-order valence-corrected chi connectivity index (χ0v) is 20.8. The van der Waals surface area contributed by atoms with Crippen LogP contribution in [0, 0.1) is 5.82 Å². The number of carbonyl (C=O) groups excluding carboxylic acids is 1. The van der Waals surface area contributed by atoms with Gasteiger partial charge in [-0.3, -0.25) is 0 Å². The van der Waals surface area contributed by atoms with E-state index in [1.54, 1.807) is 18.3 Å². The lowest BCUT2D eigenvalue weighted by molar-refractivity contribution is 0.198. The van der Waals surface area contributed by atoms with E-state index in [9.17, 15) is 9.18 Å². The third-order valence-corrected chi connectivity index (χ3v) is 5.73. The number of halogens is 2. The Morgan fingerprint density at radius 2 is 1.86 bits per heavy atom. The Hall–Kier alpha value is -3.63. The number of rotatable bonds is 8. The van der Waals surface area contributed by atoms with Gasteiger partial charge in [-0.1, -0.05) is 34.1 Å². The number of ether oxygens (including phenoxy) is 1. The van der Waals surface area contributed by atoms with Crippen LogP contribution in [0.1, 0.15) is 6.42 Å². The minimum absolute atomic E-state index is 0.126. The molecular formula is C25H24BrFN6O2. The Balaban J connectivity index is 1.65. The Morgan fingerprint density at radius 3 is 2.60 bits per heavy atom. The summed E-state index contributed by atoms with van der Waals surface area (Å²) in [7, 11) is 3.95. The summed E-state index contributed by atoms with van der Waals surface area (Å²) in [5, 5.41) is 6.45. The second-order valence-corrected chi connectivity index (χ2v) is 8.89. The Bertz CT molecular complexity index is 1330. The van der Waals surface area contributed by atoms with E-state index in [4.69, 9.17) is 4.74 Å². The number of carbonyl (C=O) groups is 1. The standard InChI is InChI=1S/C25H24BrFN6O2/c1-33(2)13-5-12-28-25(34)35-23-20(19-6-3-4-7-21(19)26)14-16-15-29-24(32-22(16)31-23)30-18-10-8-17(27)9-11-18/h3-4,6-11,14-15H,5,12-13H2,1-2H3,(H,28,34)(H,29,30,31,32). The molecular weight excluding hydrogens is 515 g/mol. The highest BCUT2D eigenvalue weighted by molar-refractivity contribution is 9.10. The third-order valence-electron chi connectivity index (χ3n) is 5.04. The van der Waals surface area contributed by atoms with Gasteiger partial charge in [-0.15, -0.1) is 0 Å². The van der Waals surface area contributed by atoms with E-state index >= 15 is 0 Å². The number of pyridine rings is 1. The van der Waals surface area contributed by atoms with Gasteiger partial charge in [0.1, 0.15) is 5.82 Å². The lowest BCUT2D eigenvalue weighted by Crippen LogP contribution is -2.30. The van der Waals surface area contributed by atoms with Crippen molar-refractivity contribution < 1.29 is 13.9 Å². The SMILES string of the molecule is CN(C)CCCNC(=O)Oc1nc2nc(Nc3ccc(F)cc3)ncc2cc1-c1ccccc1Br. The molecule has 0 bridgehead atoms. The quantitative estimate of drug-likeness (QED) is 0.291. The van der Waals surface area contributed by atoms with Gasteiger partial charge in [0.25, 0.3) is 0 Å². The summed E-state index contributed by atoms with van der Waals surface area (Å²) in [4.78, 5) is 27.9. The molecule has 10 heteroatoms. The molecule has 4 aromatic rings. The summed E-state index contributed by atoms with van der Waals surface area (Å²) in [6, 6.07) is 15.3. The zero-order valence-electron chi connectivity index (χ0n) is 19.3. The molecule has 180 valence electrons. The number of aromatic nitrogens is 3. The van der Waals surface area contributed by atoms with Crippen molar-refractivity contribution in [3.63, 3.8) is 0 Å². The monoisotopic (exact) mass is 538 g/mol. The van der Waals surface area contributed by atoms with E-state index in [1.165, 1.54) is 12.1 Å². The van der Waals surface area contributed by atoms with E-state index in [0.717, 1.165) is 23.0 Å². The van der Waals surface area contributed by atoms with Gasteiger partial charge in [-0.25, -0.2) is 14.2 Å². The fourth-order valence-electron chi connectivity index (χ4n) is 3.33. The van der Waals surface area contributed by atoms with E-state index in [-0.39, 0.29) is 17.6 Å². The first kappa shape index (κ1) is 24.5. The average molecular weight is 539 g/mol. The summed E-state index contributed by atoms with van der Waals surface area (Å²) in [5.41, 5.74) is 2.40. The molecule has 0 aliphatic rings. The number of nitrogens with one attached hydrogen (secondary N) is 2. The molecule has 0 fully saturated rings. The van der Waals surface area contributed by atoms with Gasteiger partial charge < -0.3 is 20.3 Å². The molecule has 8 nitrogen and oxygen atoms in total. The number of nitrogens with zero attached hydrogens (tertiary/aromatic N) is 4. The molecule has 35 heavy (non-hydrogen) atoms. The molecule has 0 atom stereocenters. The molecule has 2 heterocycles. The maximum atomic E-state index is 13.2. The van der Waals surface area contributed by atoms with Crippen LogP contribution >= 0.6 is 15.9 Å². The highest BCUT2D eigenvalue weighted by Crippen LogP contribution is 2.36. The maximum absolute atomic E-state index is 13.2. The van der Waals surface area contributed by atoms with Crippen molar-refractivity contribution in [3.8, 4) is 17.0 Å². The summed E-state index contributed by atoms with van der Waals surface area (Å²) in [6.07, 6.45) is 1.82. The van der Waals surface area contributed by atoms with Crippen LogP contribution < -0.4 is 15.4 Å². The molecule has 0 radical (unpaired) electrons. The molecule has 2 aromatic carbocycles. The minimum Gasteiger partial charge on any atom is -0.391 e. The maximum Gasteiger partial charge on any atom is 0.413 e. The zero-order chi connectivity index (χ0) is 24.8. The van der Waals surface area contributed by atoms with Crippen LogP contribution in [0.4, 0.5) is 20.8 Å². The molecule has 0 spiro atoms. The lowest BCUT2D eigenvalue weighted by Gasteiger charge is -2.13. The van der Waals surface area contributed by atoms with Crippen LogP contribution in [0.15, 0.2) is 65.3 Å². The van der Waals surface area contributed by atoms with Gasteiger partial charge >= 0.3 is 6.09 Å².